The number of halogens is 1. The molecule has 18 heavy (non-hydrogen) atoms. The molecule has 2 rings (SSSR count). The molecule has 0 saturated heterocycles. The van der Waals surface area contributed by atoms with Crippen LogP contribution < -0.4 is 11.1 Å². The van der Waals surface area contributed by atoms with Gasteiger partial charge in [0.05, 0.1) is 5.56 Å². The van der Waals surface area contributed by atoms with Crippen molar-refractivity contribution >= 4 is 33.3 Å². The highest BCUT2D eigenvalue weighted by Crippen LogP contribution is 2.19. The van der Waals surface area contributed by atoms with Gasteiger partial charge in [0.15, 0.2) is 5.82 Å². The minimum atomic E-state index is -0.275. The first kappa shape index (κ1) is 12.6. The number of hydrogen-bond acceptors (Lipinski definition) is 3. The van der Waals surface area contributed by atoms with Crippen LogP contribution in [0, 0.1) is 0 Å². The molecule has 0 aliphatic heterocycles. The molecule has 0 spiro atoms. The van der Waals surface area contributed by atoms with Crippen LogP contribution in [0.3, 0.4) is 0 Å². The fourth-order valence-electron chi connectivity index (χ4n) is 1.52. The van der Waals surface area contributed by atoms with E-state index in [9.17, 15) is 4.79 Å². The van der Waals surface area contributed by atoms with Gasteiger partial charge >= 0.3 is 0 Å². The largest absolute Gasteiger partial charge is 0.398 e. The van der Waals surface area contributed by atoms with Crippen LogP contribution in [-0.2, 0) is 6.42 Å². The molecule has 4 N–H and O–H groups in total. The molecule has 1 heterocycles. The Hall–Kier alpha value is -1.82. The number of aromatic amines is 1. The third-order valence-corrected chi connectivity index (χ3v) is 3.01. The summed E-state index contributed by atoms with van der Waals surface area (Å²) in [5.74, 6) is 0.221. The highest BCUT2D eigenvalue weighted by molar-refractivity contribution is 9.10. The van der Waals surface area contributed by atoms with Crippen LogP contribution in [0.1, 0.15) is 23.0 Å². The smallest absolute Gasteiger partial charge is 0.258 e. The predicted octanol–water partition coefficient (Wildman–Crippen LogP) is 2.57. The van der Waals surface area contributed by atoms with Gasteiger partial charge in [-0.25, -0.2) is 0 Å². The van der Waals surface area contributed by atoms with Gasteiger partial charge in [0.25, 0.3) is 5.91 Å². The molecule has 1 aromatic carbocycles. The second-order valence-electron chi connectivity index (χ2n) is 3.82. The number of nitrogens with zero attached hydrogens (tertiary/aromatic N) is 1. The Labute approximate surface area is 113 Å². The minimum Gasteiger partial charge on any atom is -0.398 e. The van der Waals surface area contributed by atoms with Crippen LogP contribution in [0.4, 0.5) is 11.5 Å². The Bertz CT molecular complexity index is 579. The number of H-pyrrole nitrogens is 1. The maximum atomic E-state index is 12.0. The second kappa shape index (κ2) is 5.22. The zero-order chi connectivity index (χ0) is 13.1. The van der Waals surface area contributed by atoms with Gasteiger partial charge in [-0.2, -0.15) is 5.10 Å². The minimum absolute atomic E-state index is 0.275. The molecule has 1 aromatic heterocycles. The molecule has 0 fully saturated rings. The SMILES string of the molecule is CCc1cc(NC(=O)c2cc(Br)ccc2N)n[nH]1. The van der Waals surface area contributed by atoms with Crippen LogP contribution in [0.25, 0.3) is 0 Å². The molecular weight excluding hydrogens is 296 g/mol. The fraction of sp³-hybridized carbons (Fsp3) is 0.167. The number of nitrogens with one attached hydrogen (secondary N) is 2. The number of aromatic nitrogens is 2. The lowest BCUT2D eigenvalue weighted by atomic mass is 10.1. The fourth-order valence-corrected chi connectivity index (χ4v) is 1.88. The number of nitrogens with two attached hydrogens (primary N) is 1. The van der Waals surface area contributed by atoms with E-state index in [-0.39, 0.29) is 5.91 Å². The lowest BCUT2D eigenvalue weighted by Crippen LogP contribution is -2.14. The molecule has 1 amide bonds. The van der Waals surface area contributed by atoms with Crippen molar-refractivity contribution in [2.75, 3.05) is 11.1 Å². The first-order chi connectivity index (χ1) is 8.60. The van der Waals surface area contributed by atoms with Crippen LogP contribution >= 0.6 is 15.9 Å². The number of aryl methyl sites for hydroxylation is 1. The molecular formula is C12H13BrN4O. The molecule has 0 saturated carbocycles. The Morgan fingerprint density at radius 1 is 1.50 bits per heavy atom. The van der Waals surface area contributed by atoms with E-state index >= 15 is 0 Å². The zero-order valence-corrected chi connectivity index (χ0v) is 11.4. The molecule has 5 nitrogen and oxygen atoms in total. The number of carbonyl (C=O) groups is 1. The van der Waals surface area contributed by atoms with E-state index in [4.69, 9.17) is 5.73 Å². The van der Waals surface area contributed by atoms with E-state index in [2.05, 4.69) is 31.4 Å². The summed E-state index contributed by atoms with van der Waals surface area (Å²) in [6.07, 6.45) is 0.835. The van der Waals surface area contributed by atoms with E-state index in [1.54, 1.807) is 24.3 Å². The Balaban J connectivity index is 2.19. The van der Waals surface area contributed by atoms with Gasteiger partial charge in [0.1, 0.15) is 0 Å². The van der Waals surface area contributed by atoms with Crippen molar-refractivity contribution in [1.29, 1.82) is 0 Å². The maximum Gasteiger partial charge on any atom is 0.258 e. The van der Waals surface area contributed by atoms with Gasteiger partial charge in [-0.3, -0.25) is 9.89 Å². The number of carbonyl (C=O) groups excluding carboxylic acids is 1. The van der Waals surface area contributed by atoms with Crippen LogP contribution in [-0.4, -0.2) is 16.1 Å². The summed E-state index contributed by atoms with van der Waals surface area (Å²) in [4.78, 5) is 12.0. The van der Waals surface area contributed by atoms with Crippen LogP contribution in [0.15, 0.2) is 28.7 Å². The van der Waals surface area contributed by atoms with Crippen molar-refractivity contribution in [2.45, 2.75) is 13.3 Å². The van der Waals surface area contributed by atoms with Crippen LogP contribution in [0.5, 0.6) is 0 Å². The number of hydrogen-bond donors (Lipinski definition) is 3. The van der Waals surface area contributed by atoms with Gasteiger partial charge in [-0.15, -0.1) is 0 Å². The Morgan fingerprint density at radius 2 is 2.28 bits per heavy atom. The number of rotatable bonds is 3. The average Bonchev–Trinajstić information content (AvgIpc) is 2.80. The first-order valence-electron chi connectivity index (χ1n) is 5.51. The van der Waals surface area contributed by atoms with Crippen molar-refractivity contribution < 1.29 is 4.79 Å². The lowest BCUT2D eigenvalue weighted by Gasteiger charge is -2.05. The molecule has 0 bridgehead atoms. The van der Waals surface area contributed by atoms with Gasteiger partial charge < -0.3 is 11.1 Å². The lowest BCUT2D eigenvalue weighted by molar-refractivity contribution is 0.102. The highest BCUT2D eigenvalue weighted by Gasteiger charge is 2.11. The summed E-state index contributed by atoms with van der Waals surface area (Å²) in [6.45, 7) is 2.01. The molecule has 6 heteroatoms. The Kier molecular flexibility index (Phi) is 3.66. The van der Waals surface area contributed by atoms with Crippen molar-refractivity contribution in [1.82, 2.24) is 10.2 Å². The highest BCUT2D eigenvalue weighted by atomic mass is 79.9. The number of amides is 1. The summed E-state index contributed by atoms with van der Waals surface area (Å²) in [7, 11) is 0. The monoisotopic (exact) mass is 308 g/mol. The van der Waals surface area contributed by atoms with E-state index < -0.39 is 0 Å². The first-order valence-corrected chi connectivity index (χ1v) is 6.30. The summed E-state index contributed by atoms with van der Waals surface area (Å²) >= 11 is 3.31. The van der Waals surface area contributed by atoms with Crippen molar-refractivity contribution in [3.63, 3.8) is 0 Å². The number of benzene rings is 1. The van der Waals surface area contributed by atoms with Gasteiger partial charge in [-0.05, 0) is 24.6 Å². The normalized spacial score (nSPS) is 10.3. The molecule has 0 unspecified atom stereocenters. The third-order valence-electron chi connectivity index (χ3n) is 2.51. The average molecular weight is 309 g/mol. The van der Waals surface area contributed by atoms with Gasteiger partial charge in [0.2, 0.25) is 0 Å². The maximum absolute atomic E-state index is 12.0. The topological polar surface area (TPSA) is 83.8 Å². The molecule has 2 aromatic rings. The molecule has 0 atom stereocenters. The van der Waals surface area contributed by atoms with E-state index in [0.717, 1.165) is 16.6 Å². The summed E-state index contributed by atoms with van der Waals surface area (Å²) in [5.41, 5.74) is 7.58. The molecule has 0 aliphatic rings. The van der Waals surface area contributed by atoms with Gasteiger partial charge in [-0.1, -0.05) is 22.9 Å². The summed E-state index contributed by atoms with van der Waals surface area (Å²) in [5, 5.41) is 9.53. The second-order valence-corrected chi connectivity index (χ2v) is 4.73. The molecule has 94 valence electrons. The summed E-state index contributed by atoms with van der Waals surface area (Å²) < 4.78 is 0.804. The van der Waals surface area contributed by atoms with E-state index in [1.165, 1.54) is 0 Å². The third kappa shape index (κ3) is 2.70. The van der Waals surface area contributed by atoms with E-state index in [1.807, 2.05) is 6.92 Å². The molecule has 0 radical (unpaired) electrons. The van der Waals surface area contributed by atoms with Crippen molar-refractivity contribution in [2.24, 2.45) is 0 Å². The quantitative estimate of drug-likeness (QED) is 0.762. The van der Waals surface area contributed by atoms with Crippen molar-refractivity contribution in [3.05, 3.63) is 40.0 Å². The Morgan fingerprint density at radius 3 is 2.94 bits per heavy atom. The number of anilines is 2. The van der Waals surface area contributed by atoms with Crippen molar-refractivity contribution in [3.8, 4) is 0 Å². The zero-order valence-electron chi connectivity index (χ0n) is 9.83. The molecule has 0 aliphatic carbocycles. The summed E-state index contributed by atoms with van der Waals surface area (Å²) in [6, 6.07) is 6.95. The van der Waals surface area contributed by atoms with E-state index in [0.29, 0.717) is 17.1 Å². The van der Waals surface area contributed by atoms with Gasteiger partial charge in [0, 0.05) is 21.9 Å². The predicted molar refractivity (Wildman–Crippen MR) is 74.5 cm³/mol. The standard InChI is InChI=1S/C12H13BrN4O/c1-2-8-6-11(17-16-8)15-12(18)9-5-7(13)3-4-10(9)14/h3-6H,2,14H2,1H3,(H2,15,16,17,18). The van der Waals surface area contributed by atoms with Crippen LogP contribution in [0.2, 0.25) is 0 Å². The number of nitrogen functional groups attached to an aromatic ring is 1.